The van der Waals surface area contributed by atoms with E-state index in [-0.39, 0.29) is 11.4 Å². The second-order valence-electron chi connectivity index (χ2n) is 4.05. The number of hydrogen-bond donors (Lipinski definition) is 1. The molecule has 0 aromatic carbocycles. The maximum Gasteiger partial charge on any atom is 0.263 e. The van der Waals surface area contributed by atoms with Gasteiger partial charge in [0.1, 0.15) is 4.88 Å². The minimum absolute atomic E-state index is 0.0177. The average molecular weight is 305 g/mol. The van der Waals surface area contributed by atoms with Crippen LogP contribution in [0.3, 0.4) is 0 Å². The molecule has 0 spiro atoms. The summed E-state index contributed by atoms with van der Waals surface area (Å²) < 4.78 is 0. The number of carbonyl (C=O) groups is 1. The van der Waals surface area contributed by atoms with Gasteiger partial charge in [-0.15, -0.1) is 11.3 Å². The monoisotopic (exact) mass is 304 g/mol. The van der Waals surface area contributed by atoms with Crippen molar-refractivity contribution < 1.29 is 4.79 Å². The highest BCUT2D eigenvalue weighted by Crippen LogP contribution is 2.18. The van der Waals surface area contributed by atoms with E-state index in [1.165, 1.54) is 11.3 Å². The molecule has 0 bridgehead atoms. The van der Waals surface area contributed by atoms with Gasteiger partial charge >= 0.3 is 0 Å². The smallest absolute Gasteiger partial charge is 0.263 e. The minimum atomic E-state index is -0.140. The molecule has 3 nitrogen and oxygen atoms in total. The van der Waals surface area contributed by atoms with Crippen molar-refractivity contribution in [2.75, 3.05) is 5.33 Å². The summed E-state index contributed by atoms with van der Waals surface area (Å²) >= 11 is 4.85. The molecule has 90 valence electrons. The summed E-state index contributed by atoms with van der Waals surface area (Å²) in [6, 6.07) is 0. The molecule has 0 aliphatic carbocycles. The second kappa shape index (κ2) is 5.77. The molecule has 1 heterocycles. The predicted octanol–water partition coefficient (Wildman–Crippen LogP) is 3.14. The Kier molecular flexibility index (Phi) is 4.92. The lowest BCUT2D eigenvalue weighted by atomic mass is 9.95. The lowest BCUT2D eigenvalue weighted by molar-refractivity contribution is 0.0906. The first-order chi connectivity index (χ1) is 7.50. The minimum Gasteiger partial charge on any atom is -0.346 e. The van der Waals surface area contributed by atoms with Crippen LogP contribution in [-0.2, 0) is 0 Å². The molecular formula is C11H17BrN2OS. The number of aromatic nitrogens is 1. The molecule has 0 radical (unpaired) electrons. The standard InChI is InChI=1S/C11H17BrN2OS/c1-4-11(3,5-6-12)14-10(15)9-7-13-8(2)16-9/h7H,4-6H2,1-3H3,(H,14,15). The molecule has 0 saturated carbocycles. The molecule has 1 N–H and O–H groups in total. The first-order valence-corrected chi connectivity index (χ1v) is 7.25. The van der Waals surface area contributed by atoms with E-state index in [9.17, 15) is 4.79 Å². The van der Waals surface area contributed by atoms with Gasteiger partial charge in [-0.1, -0.05) is 22.9 Å². The number of amides is 1. The van der Waals surface area contributed by atoms with Crippen molar-refractivity contribution >= 4 is 33.2 Å². The molecule has 1 atom stereocenters. The Morgan fingerprint density at radius 2 is 2.38 bits per heavy atom. The van der Waals surface area contributed by atoms with Gasteiger partial charge in [0.05, 0.1) is 11.2 Å². The average Bonchev–Trinajstić information content (AvgIpc) is 2.65. The number of rotatable bonds is 5. The van der Waals surface area contributed by atoms with E-state index >= 15 is 0 Å². The number of carbonyl (C=O) groups excluding carboxylic acids is 1. The van der Waals surface area contributed by atoms with Crippen LogP contribution in [0, 0.1) is 6.92 Å². The van der Waals surface area contributed by atoms with Gasteiger partial charge in [0.2, 0.25) is 0 Å². The number of thiazole rings is 1. The van der Waals surface area contributed by atoms with Crippen LogP contribution in [0.2, 0.25) is 0 Å². The fourth-order valence-electron chi connectivity index (χ4n) is 1.34. The van der Waals surface area contributed by atoms with Gasteiger partial charge < -0.3 is 5.32 Å². The van der Waals surface area contributed by atoms with E-state index in [1.54, 1.807) is 6.20 Å². The molecule has 1 amide bonds. The molecule has 1 unspecified atom stereocenters. The van der Waals surface area contributed by atoms with E-state index in [0.29, 0.717) is 4.88 Å². The van der Waals surface area contributed by atoms with Crippen LogP contribution in [0.5, 0.6) is 0 Å². The van der Waals surface area contributed by atoms with Crippen molar-refractivity contribution in [2.24, 2.45) is 0 Å². The van der Waals surface area contributed by atoms with Crippen molar-refractivity contribution in [3.05, 3.63) is 16.1 Å². The molecule has 5 heteroatoms. The van der Waals surface area contributed by atoms with Crippen LogP contribution in [0.4, 0.5) is 0 Å². The molecule has 1 aromatic rings. The van der Waals surface area contributed by atoms with Crippen LogP contribution in [-0.4, -0.2) is 21.8 Å². The van der Waals surface area contributed by atoms with E-state index in [2.05, 4.69) is 40.1 Å². The number of halogens is 1. The number of aryl methyl sites for hydroxylation is 1. The molecule has 0 aliphatic rings. The van der Waals surface area contributed by atoms with Crippen molar-refractivity contribution in [3.8, 4) is 0 Å². The highest BCUT2D eigenvalue weighted by Gasteiger charge is 2.24. The quantitative estimate of drug-likeness (QED) is 0.849. The molecule has 16 heavy (non-hydrogen) atoms. The van der Waals surface area contributed by atoms with Crippen molar-refractivity contribution in [1.29, 1.82) is 0 Å². The molecule has 0 fully saturated rings. The molecule has 0 aliphatic heterocycles. The summed E-state index contributed by atoms with van der Waals surface area (Å²) in [5.41, 5.74) is -0.140. The van der Waals surface area contributed by atoms with Crippen molar-refractivity contribution in [1.82, 2.24) is 10.3 Å². The predicted molar refractivity (Wildman–Crippen MR) is 71.4 cm³/mol. The zero-order valence-electron chi connectivity index (χ0n) is 9.84. The zero-order chi connectivity index (χ0) is 12.2. The Hall–Kier alpha value is -0.420. The third-order valence-corrected chi connectivity index (χ3v) is 4.00. The maximum absolute atomic E-state index is 12.0. The number of alkyl halides is 1. The first-order valence-electron chi connectivity index (χ1n) is 5.31. The second-order valence-corrected chi connectivity index (χ2v) is 6.08. The maximum atomic E-state index is 12.0. The van der Waals surface area contributed by atoms with Crippen molar-refractivity contribution in [2.45, 2.75) is 39.2 Å². The van der Waals surface area contributed by atoms with E-state index in [1.807, 2.05) is 6.92 Å². The summed E-state index contributed by atoms with van der Waals surface area (Å²) in [7, 11) is 0. The first kappa shape index (κ1) is 13.6. The number of hydrogen-bond acceptors (Lipinski definition) is 3. The Morgan fingerprint density at radius 1 is 1.69 bits per heavy atom. The van der Waals surface area contributed by atoms with Gasteiger partial charge in [0.15, 0.2) is 0 Å². The largest absolute Gasteiger partial charge is 0.346 e. The molecule has 1 aromatic heterocycles. The van der Waals surface area contributed by atoms with E-state index < -0.39 is 0 Å². The van der Waals surface area contributed by atoms with Crippen LogP contribution < -0.4 is 5.32 Å². The van der Waals surface area contributed by atoms with Crippen LogP contribution >= 0.6 is 27.3 Å². The summed E-state index contributed by atoms with van der Waals surface area (Å²) in [5.74, 6) is -0.0177. The highest BCUT2D eigenvalue weighted by molar-refractivity contribution is 9.09. The van der Waals surface area contributed by atoms with Gasteiger partial charge in [-0.05, 0) is 26.7 Å². The Balaban J connectivity index is 2.69. The molecular weight excluding hydrogens is 288 g/mol. The lowest BCUT2D eigenvalue weighted by Crippen LogP contribution is -2.45. The lowest BCUT2D eigenvalue weighted by Gasteiger charge is -2.28. The summed E-state index contributed by atoms with van der Waals surface area (Å²) in [6.07, 6.45) is 3.48. The number of nitrogens with zero attached hydrogens (tertiary/aromatic N) is 1. The van der Waals surface area contributed by atoms with E-state index in [0.717, 1.165) is 23.2 Å². The zero-order valence-corrected chi connectivity index (χ0v) is 12.2. The van der Waals surface area contributed by atoms with Gasteiger partial charge in [-0.3, -0.25) is 4.79 Å². The van der Waals surface area contributed by atoms with Gasteiger partial charge in [-0.2, -0.15) is 0 Å². The SMILES string of the molecule is CCC(C)(CCBr)NC(=O)c1cnc(C)s1. The van der Waals surface area contributed by atoms with Gasteiger partial charge in [-0.25, -0.2) is 4.98 Å². The van der Waals surface area contributed by atoms with E-state index in [4.69, 9.17) is 0 Å². The Morgan fingerprint density at radius 3 is 2.81 bits per heavy atom. The number of nitrogens with one attached hydrogen (secondary N) is 1. The summed E-state index contributed by atoms with van der Waals surface area (Å²) in [6.45, 7) is 6.06. The summed E-state index contributed by atoms with van der Waals surface area (Å²) in [5, 5.41) is 4.88. The van der Waals surface area contributed by atoms with Crippen LogP contribution in [0.25, 0.3) is 0 Å². The fraction of sp³-hybridized carbons (Fsp3) is 0.636. The third-order valence-electron chi connectivity index (χ3n) is 2.69. The van der Waals surface area contributed by atoms with Crippen LogP contribution in [0.15, 0.2) is 6.20 Å². The van der Waals surface area contributed by atoms with Crippen molar-refractivity contribution in [3.63, 3.8) is 0 Å². The van der Waals surface area contributed by atoms with Crippen LogP contribution in [0.1, 0.15) is 41.4 Å². The highest BCUT2D eigenvalue weighted by atomic mass is 79.9. The Bertz CT molecular complexity index is 367. The summed E-state index contributed by atoms with van der Waals surface area (Å²) in [4.78, 5) is 16.7. The topological polar surface area (TPSA) is 42.0 Å². The fourth-order valence-corrected chi connectivity index (χ4v) is 2.89. The third kappa shape index (κ3) is 3.56. The van der Waals surface area contributed by atoms with Gasteiger partial charge in [0, 0.05) is 10.9 Å². The molecule has 0 saturated heterocycles. The molecule has 1 rings (SSSR count). The van der Waals surface area contributed by atoms with Gasteiger partial charge in [0.25, 0.3) is 5.91 Å². The Labute approximate surface area is 109 Å². The normalized spacial score (nSPS) is 14.5.